The van der Waals surface area contributed by atoms with E-state index >= 15 is 0 Å². The van der Waals surface area contributed by atoms with Gasteiger partial charge in [-0.05, 0) is 43.3 Å². The SMILES string of the molecule is COc1ccc(/C(C)=N\Nc2cc(C(=O)O)ccc2Cl)cc1OC. The average molecular weight is 349 g/mol. The predicted octanol–water partition coefficient (Wildman–Crippen LogP) is 3.89. The predicted molar refractivity (Wildman–Crippen MR) is 93.8 cm³/mol. The lowest BCUT2D eigenvalue weighted by molar-refractivity contribution is 0.0697. The first-order chi connectivity index (χ1) is 11.5. The third kappa shape index (κ3) is 3.97. The molecule has 0 saturated heterocycles. The molecule has 0 radical (unpaired) electrons. The second-order valence-electron chi connectivity index (χ2n) is 4.88. The third-order valence-corrected chi connectivity index (χ3v) is 3.69. The van der Waals surface area contributed by atoms with Crippen molar-refractivity contribution in [3.05, 3.63) is 52.5 Å². The summed E-state index contributed by atoms with van der Waals surface area (Å²) in [4.78, 5) is 11.0. The molecule has 2 N–H and O–H groups in total. The molecule has 0 aromatic heterocycles. The van der Waals surface area contributed by atoms with Crippen LogP contribution < -0.4 is 14.9 Å². The van der Waals surface area contributed by atoms with Crippen molar-refractivity contribution in [2.45, 2.75) is 6.92 Å². The van der Waals surface area contributed by atoms with Gasteiger partial charge >= 0.3 is 5.97 Å². The van der Waals surface area contributed by atoms with Gasteiger partial charge in [-0.25, -0.2) is 4.79 Å². The molecule has 0 heterocycles. The number of aromatic carboxylic acids is 1. The molecule has 0 atom stereocenters. The van der Waals surface area contributed by atoms with E-state index in [0.717, 1.165) is 5.56 Å². The molecule has 0 spiro atoms. The maximum atomic E-state index is 11.0. The summed E-state index contributed by atoms with van der Waals surface area (Å²) in [5.74, 6) is 0.185. The first kappa shape index (κ1) is 17.6. The molecule has 0 bridgehead atoms. The zero-order chi connectivity index (χ0) is 17.7. The van der Waals surface area contributed by atoms with Crippen molar-refractivity contribution < 1.29 is 19.4 Å². The highest BCUT2D eigenvalue weighted by Crippen LogP contribution is 2.28. The molecule has 0 aliphatic heterocycles. The molecular weight excluding hydrogens is 332 g/mol. The molecule has 2 rings (SSSR count). The van der Waals surface area contributed by atoms with Crippen molar-refractivity contribution >= 4 is 29.0 Å². The molecule has 2 aromatic carbocycles. The summed E-state index contributed by atoms with van der Waals surface area (Å²) in [5.41, 5.74) is 4.83. The number of carbonyl (C=O) groups is 1. The number of methoxy groups -OCH3 is 2. The van der Waals surface area contributed by atoms with Crippen molar-refractivity contribution in [1.82, 2.24) is 0 Å². The number of carboxylic acids is 1. The van der Waals surface area contributed by atoms with Crippen molar-refractivity contribution in [2.24, 2.45) is 5.10 Å². The number of rotatable bonds is 6. The summed E-state index contributed by atoms with van der Waals surface area (Å²) in [5, 5.41) is 13.7. The number of benzene rings is 2. The highest BCUT2D eigenvalue weighted by atomic mass is 35.5. The minimum atomic E-state index is -1.03. The van der Waals surface area contributed by atoms with E-state index in [9.17, 15) is 4.79 Å². The number of ether oxygens (including phenoxy) is 2. The minimum Gasteiger partial charge on any atom is -0.493 e. The number of anilines is 1. The van der Waals surface area contributed by atoms with Crippen LogP contribution in [0.5, 0.6) is 11.5 Å². The number of halogens is 1. The second-order valence-corrected chi connectivity index (χ2v) is 5.29. The van der Waals surface area contributed by atoms with Gasteiger partial charge in [0.15, 0.2) is 11.5 Å². The van der Waals surface area contributed by atoms with Gasteiger partial charge in [0.25, 0.3) is 0 Å². The lowest BCUT2D eigenvalue weighted by atomic mass is 10.1. The quantitative estimate of drug-likeness (QED) is 0.611. The van der Waals surface area contributed by atoms with E-state index in [0.29, 0.717) is 27.9 Å². The summed E-state index contributed by atoms with van der Waals surface area (Å²) in [6.45, 7) is 1.81. The summed E-state index contributed by atoms with van der Waals surface area (Å²) < 4.78 is 10.5. The maximum Gasteiger partial charge on any atom is 0.335 e. The Balaban J connectivity index is 2.26. The van der Waals surface area contributed by atoms with Crippen LogP contribution in [0.25, 0.3) is 0 Å². The van der Waals surface area contributed by atoms with Crippen LogP contribution in [0.15, 0.2) is 41.5 Å². The molecular formula is C17H17ClN2O4. The molecule has 0 saturated carbocycles. The topological polar surface area (TPSA) is 80.2 Å². The lowest BCUT2D eigenvalue weighted by Gasteiger charge is -2.10. The monoisotopic (exact) mass is 348 g/mol. The lowest BCUT2D eigenvalue weighted by Crippen LogP contribution is -2.03. The third-order valence-electron chi connectivity index (χ3n) is 3.36. The van der Waals surface area contributed by atoms with Crippen LogP contribution in [-0.2, 0) is 0 Å². The summed E-state index contributed by atoms with van der Waals surface area (Å²) in [7, 11) is 3.13. The first-order valence-corrected chi connectivity index (χ1v) is 7.39. The molecule has 2 aromatic rings. The van der Waals surface area contributed by atoms with Crippen LogP contribution in [-0.4, -0.2) is 31.0 Å². The van der Waals surface area contributed by atoms with E-state index < -0.39 is 5.97 Å². The highest BCUT2D eigenvalue weighted by molar-refractivity contribution is 6.33. The van der Waals surface area contributed by atoms with Crippen LogP contribution in [0.4, 0.5) is 5.69 Å². The molecule has 24 heavy (non-hydrogen) atoms. The van der Waals surface area contributed by atoms with Crippen molar-refractivity contribution in [1.29, 1.82) is 0 Å². The first-order valence-electron chi connectivity index (χ1n) is 7.01. The van der Waals surface area contributed by atoms with Gasteiger partial charge < -0.3 is 14.6 Å². The van der Waals surface area contributed by atoms with Gasteiger partial charge in [-0.15, -0.1) is 0 Å². The maximum absolute atomic E-state index is 11.0. The van der Waals surface area contributed by atoms with E-state index in [1.807, 2.05) is 13.0 Å². The molecule has 0 aliphatic rings. The largest absolute Gasteiger partial charge is 0.493 e. The van der Waals surface area contributed by atoms with Gasteiger partial charge in [0.1, 0.15) is 0 Å². The minimum absolute atomic E-state index is 0.126. The van der Waals surface area contributed by atoms with Crippen LogP contribution in [0.2, 0.25) is 5.02 Å². The van der Waals surface area contributed by atoms with Gasteiger partial charge in [0.05, 0.1) is 36.2 Å². The fraction of sp³-hybridized carbons (Fsp3) is 0.176. The van der Waals surface area contributed by atoms with Crippen LogP contribution >= 0.6 is 11.6 Å². The Hall–Kier alpha value is -2.73. The number of nitrogens with one attached hydrogen (secondary N) is 1. The van der Waals surface area contributed by atoms with Crippen molar-refractivity contribution in [2.75, 3.05) is 19.6 Å². The molecule has 126 valence electrons. The summed E-state index contributed by atoms with van der Waals surface area (Å²) in [6, 6.07) is 9.79. The van der Waals surface area contributed by atoms with Crippen molar-refractivity contribution in [3.8, 4) is 11.5 Å². The Labute approximate surface area is 144 Å². The average Bonchev–Trinajstić information content (AvgIpc) is 2.59. The molecule has 0 aliphatic carbocycles. The Morgan fingerprint density at radius 1 is 1.08 bits per heavy atom. The Bertz CT molecular complexity index is 790. The second kappa shape index (κ2) is 7.70. The number of hydrogen-bond donors (Lipinski definition) is 2. The Morgan fingerprint density at radius 3 is 2.38 bits per heavy atom. The van der Waals surface area contributed by atoms with E-state index in [4.69, 9.17) is 26.2 Å². The normalized spacial score (nSPS) is 11.1. The van der Waals surface area contributed by atoms with Gasteiger partial charge in [-0.1, -0.05) is 11.6 Å². The molecule has 6 nitrogen and oxygen atoms in total. The van der Waals surface area contributed by atoms with Gasteiger partial charge in [-0.3, -0.25) is 5.43 Å². The Kier molecular flexibility index (Phi) is 5.65. The molecule has 0 fully saturated rings. The number of carboxylic acid groups (broad SMARTS) is 1. The standard InChI is InChI=1S/C17H17ClN2O4/c1-10(11-5-7-15(23-2)16(9-11)24-3)19-20-14-8-12(17(21)22)4-6-13(14)18/h4-9,20H,1-3H3,(H,21,22)/b19-10-. The zero-order valence-electron chi connectivity index (χ0n) is 13.5. The van der Waals surface area contributed by atoms with Crippen LogP contribution in [0, 0.1) is 0 Å². The number of nitrogens with zero attached hydrogens (tertiary/aromatic N) is 1. The Morgan fingerprint density at radius 2 is 1.75 bits per heavy atom. The van der Waals surface area contributed by atoms with Crippen LogP contribution in [0.3, 0.4) is 0 Å². The van der Waals surface area contributed by atoms with Crippen molar-refractivity contribution in [3.63, 3.8) is 0 Å². The number of hydrogen-bond acceptors (Lipinski definition) is 5. The molecule has 7 heteroatoms. The molecule has 0 amide bonds. The van der Waals surface area contributed by atoms with E-state index in [-0.39, 0.29) is 5.56 Å². The fourth-order valence-corrected chi connectivity index (χ4v) is 2.17. The van der Waals surface area contributed by atoms with E-state index in [1.165, 1.54) is 18.2 Å². The van der Waals surface area contributed by atoms with E-state index in [1.54, 1.807) is 26.4 Å². The number of hydrazone groups is 1. The summed E-state index contributed by atoms with van der Waals surface area (Å²) in [6.07, 6.45) is 0. The van der Waals surface area contributed by atoms with Gasteiger partial charge in [0.2, 0.25) is 0 Å². The van der Waals surface area contributed by atoms with Gasteiger partial charge in [-0.2, -0.15) is 5.10 Å². The van der Waals surface area contributed by atoms with Crippen LogP contribution in [0.1, 0.15) is 22.8 Å². The summed E-state index contributed by atoms with van der Waals surface area (Å²) >= 11 is 6.06. The zero-order valence-corrected chi connectivity index (χ0v) is 14.2. The highest BCUT2D eigenvalue weighted by Gasteiger charge is 2.09. The fourth-order valence-electron chi connectivity index (χ4n) is 2.01. The van der Waals surface area contributed by atoms with Gasteiger partial charge in [0, 0.05) is 5.56 Å². The molecule has 0 unspecified atom stereocenters. The smallest absolute Gasteiger partial charge is 0.335 e. The van der Waals surface area contributed by atoms with E-state index in [2.05, 4.69) is 10.5 Å².